The average molecular weight is 250 g/mol. The zero-order chi connectivity index (χ0) is 13.4. The summed E-state index contributed by atoms with van der Waals surface area (Å²) in [6.07, 6.45) is 2.10. The molecule has 0 aliphatic carbocycles. The van der Waals surface area contributed by atoms with Gasteiger partial charge in [-0.05, 0) is 30.9 Å². The van der Waals surface area contributed by atoms with Gasteiger partial charge in [-0.15, -0.1) is 0 Å². The average Bonchev–Trinajstić information content (AvgIpc) is 2.31. The Balaban J connectivity index is 2.20. The summed E-state index contributed by atoms with van der Waals surface area (Å²) in [7, 11) is 0. The molecule has 0 heterocycles. The van der Waals surface area contributed by atoms with Crippen LogP contribution in [-0.2, 0) is 9.53 Å². The number of amides is 1. The Hall–Kier alpha value is -1.55. The van der Waals surface area contributed by atoms with Crippen LogP contribution in [0.4, 0.5) is 11.4 Å². The van der Waals surface area contributed by atoms with Crippen molar-refractivity contribution >= 4 is 17.3 Å². The molecule has 0 aliphatic rings. The van der Waals surface area contributed by atoms with E-state index >= 15 is 0 Å². The van der Waals surface area contributed by atoms with Crippen molar-refractivity contribution < 1.29 is 9.53 Å². The van der Waals surface area contributed by atoms with E-state index < -0.39 is 0 Å². The molecule has 0 spiro atoms. The molecule has 0 saturated heterocycles. The zero-order valence-electron chi connectivity index (χ0n) is 11.1. The third kappa shape index (κ3) is 5.68. The molecule has 3 N–H and O–H groups in total. The van der Waals surface area contributed by atoms with Crippen LogP contribution in [0.1, 0.15) is 26.7 Å². The van der Waals surface area contributed by atoms with Crippen LogP contribution in [0.3, 0.4) is 0 Å². The Bertz CT molecular complexity index is 378. The number of carbonyl (C=O) groups excluding carboxylic acids is 1. The van der Waals surface area contributed by atoms with Gasteiger partial charge < -0.3 is 15.8 Å². The number of carbonyl (C=O) groups is 1. The molecule has 0 radical (unpaired) electrons. The lowest BCUT2D eigenvalue weighted by atomic mass is 10.1. The van der Waals surface area contributed by atoms with Crippen molar-refractivity contribution in [3.8, 4) is 0 Å². The monoisotopic (exact) mass is 250 g/mol. The summed E-state index contributed by atoms with van der Waals surface area (Å²) in [5.41, 5.74) is 6.92. The van der Waals surface area contributed by atoms with Crippen molar-refractivity contribution in [1.29, 1.82) is 0 Å². The molecule has 100 valence electrons. The van der Waals surface area contributed by atoms with E-state index in [1.807, 2.05) is 12.1 Å². The predicted molar refractivity (Wildman–Crippen MR) is 74.4 cm³/mol. The first-order chi connectivity index (χ1) is 8.59. The maximum absolute atomic E-state index is 11.6. The molecule has 1 amide bonds. The minimum absolute atomic E-state index is 0.0758. The second kappa shape index (κ2) is 7.71. The molecular formula is C14H22N2O2. The highest BCUT2D eigenvalue weighted by molar-refractivity contribution is 5.94. The predicted octanol–water partition coefficient (Wildman–Crippen LogP) is 2.66. The standard InChI is InChI=1S/C14H22N2O2/c1-11(2)6-5-9-18-10-14(17)16-13-8-4-3-7-12(13)15/h3-4,7-8,11H,5-6,9-10,15H2,1-2H3,(H,16,17). The molecule has 1 rings (SSSR count). The maximum Gasteiger partial charge on any atom is 0.250 e. The minimum Gasteiger partial charge on any atom is -0.397 e. The molecule has 4 nitrogen and oxygen atoms in total. The first-order valence-electron chi connectivity index (χ1n) is 6.31. The number of hydrogen-bond donors (Lipinski definition) is 2. The molecule has 0 aromatic heterocycles. The van der Waals surface area contributed by atoms with Crippen LogP contribution in [0.15, 0.2) is 24.3 Å². The summed E-state index contributed by atoms with van der Waals surface area (Å²) in [5, 5.41) is 2.72. The van der Waals surface area contributed by atoms with Crippen LogP contribution in [0, 0.1) is 5.92 Å². The number of ether oxygens (including phenoxy) is 1. The van der Waals surface area contributed by atoms with Crippen LogP contribution in [-0.4, -0.2) is 19.1 Å². The lowest BCUT2D eigenvalue weighted by Gasteiger charge is -2.08. The van der Waals surface area contributed by atoms with Gasteiger partial charge >= 0.3 is 0 Å². The summed E-state index contributed by atoms with van der Waals surface area (Å²) in [5.74, 6) is 0.504. The summed E-state index contributed by atoms with van der Waals surface area (Å²) in [6.45, 7) is 5.04. The Morgan fingerprint density at radius 1 is 1.39 bits per heavy atom. The van der Waals surface area contributed by atoms with Crippen molar-refractivity contribution in [3.63, 3.8) is 0 Å². The molecule has 0 unspecified atom stereocenters. The van der Waals surface area contributed by atoms with Gasteiger partial charge in [0.15, 0.2) is 0 Å². The first-order valence-corrected chi connectivity index (χ1v) is 6.31. The summed E-state index contributed by atoms with van der Waals surface area (Å²) in [4.78, 5) is 11.6. The third-order valence-electron chi connectivity index (χ3n) is 2.54. The lowest BCUT2D eigenvalue weighted by molar-refractivity contribution is -0.120. The third-order valence-corrected chi connectivity index (χ3v) is 2.54. The maximum atomic E-state index is 11.6. The fraction of sp³-hybridized carbons (Fsp3) is 0.500. The SMILES string of the molecule is CC(C)CCCOCC(=O)Nc1ccccc1N. The van der Waals surface area contributed by atoms with Crippen LogP contribution in [0.25, 0.3) is 0 Å². The number of para-hydroxylation sites is 2. The number of nitrogens with one attached hydrogen (secondary N) is 1. The van der Waals surface area contributed by atoms with Gasteiger partial charge in [-0.2, -0.15) is 0 Å². The molecule has 0 fully saturated rings. The van der Waals surface area contributed by atoms with E-state index in [0.29, 0.717) is 23.9 Å². The quantitative estimate of drug-likeness (QED) is 0.577. The Morgan fingerprint density at radius 2 is 2.11 bits per heavy atom. The van der Waals surface area contributed by atoms with Crippen molar-refractivity contribution in [2.75, 3.05) is 24.3 Å². The van der Waals surface area contributed by atoms with Gasteiger partial charge in [0.05, 0.1) is 11.4 Å². The Morgan fingerprint density at radius 3 is 2.78 bits per heavy atom. The summed E-state index contributed by atoms with van der Waals surface area (Å²) >= 11 is 0. The Labute approximate surface area is 109 Å². The van der Waals surface area contributed by atoms with E-state index in [1.165, 1.54) is 0 Å². The highest BCUT2D eigenvalue weighted by Gasteiger charge is 2.04. The Kier molecular flexibility index (Phi) is 6.22. The molecule has 0 aliphatic heterocycles. The topological polar surface area (TPSA) is 64.3 Å². The molecule has 1 aromatic rings. The minimum atomic E-state index is -0.169. The summed E-state index contributed by atoms with van der Waals surface area (Å²) < 4.78 is 5.31. The van der Waals surface area contributed by atoms with Gasteiger partial charge in [0.25, 0.3) is 0 Å². The van der Waals surface area contributed by atoms with Gasteiger partial charge in [0, 0.05) is 6.61 Å². The van der Waals surface area contributed by atoms with Gasteiger partial charge in [-0.25, -0.2) is 0 Å². The van der Waals surface area contributed by atoms with Crippen molar-refractivity contribution in [3.05, 3.63) is 24.3 Å². The van der Waals surface area contributed by atoms with E-state index in [0.717, 1.165) is 12.8 Å². The molecule has 0 atom stereocenters. The van der Waals surface area contributed by atoms with Crippen molar-refractivity contribution in [1.82, 2.24) is 0 Å². The van der Waals surface area contributed by atoms with Crippen LogP contribution in [0.5, 0.6) is 0 Å². The van der Waals surface area contributed by atoms with Crippen molar-refractivity contribution in [2.24, 2.45) is 5.92 Å². The van der Waals surface area contributed by atoms with E-state index in [2.05, 4.69) is 19.2 Å². The number of nitrogen functional groups attached to an aromatic ring is 1. The van der Waals surface area contributed by atoms with Crippen LogP contribution < -0.4 is 11.1 Å². The normalized spacial score (nSPS) is 10.6. The van der Waals surface area contributed by atoms with E-state index in [9.17, 15) is 4.79 Å². The number of nitrogens with two attached hydrogens (primary N) is 1. The summed E-state index contributed by atoms with van der Waals surface area (Å²) in [6, 6.07) is 7.17. The second-order valence-corrected chi connectivity index (χ2v) is 4.72. The van der Waals surface area contributed by atoms with E-state index in [1.54, 1.807) is 12.1 Å². The van der Waals surface area contributed by atoms with E-state index in [4.69, 9.17) is 10.5 Å². The van der Waals surface area contributed by atoms with Gasteiger partial charge in [-0.3, -0.25) is 4.79 Å². The highest BCUT2D eigenvalue weighted by Crippen LogP contribution is 2.16. The van der Waals surface area contributed by atoms with Gasteiger partial charge in [0.2, 0.25) is 5.91 Å². The lowest BCUT2D eigenvalue weighted by Crippen LogP contribution is -2.19. The van der Waals surface area contributed by atoms with Gasteiger partial charge in [0.1, 0.15) is 6.61 Å². The molecular weight excluding hydrogens is 228 g/mol. The number of rotatable bonds is 7. The molecule has 0 bridgehead atoms. The smallest absolute Gasteiger partial charge is 0.250 e. The fourth-order valence-electron chi connectivity index (χ4n) is 1.56. The van der Waals surface area contributed by atoms with Crippen LogP contribution in [0.2, 0.25) is 0 Å². The molecule has 4 heteroatoms. The highest BCUT2D eigenvalue weighted by atomic mass is 16.5. The fourth-order valence-corrected chi connectivity index (χ4v) is 1.56. The van der Waals surface area contributed by atoms with Gasteiger partial charge in [-0.1, -0.05) is 26.0 Å². The number of hydrogen-bond acceptors (Lipinski definition) is 3. The zero-order valence-corrected chi connectivity index (χ0v) is 11.1. The molecule has 0 saturated carbocycles. The largest absolute Gasteiger partial charge is 0.397 e. The second-order valence-electron chi connectivity index (χ2n) is 4.72. The first kappa shape index (κ1) is 14.5. The van der Waals surface area contributed by atoms with Crippen molar-refractivity contribution in [2.45, 2.75) is 26.7 Å². The molecule has 18 heavy (non-hydrogen) atoms. The van der Waals surface area contributed by atoms with Crippen LogP contribution >= 0.6 is 0 Å². The molecule has 1 aromatic carbocycles. The number of benzene rings is 1. The van der Waals surface area contributed by atoms with E-state index in [-0.39, 0.29) is 12.5 Å². The number of anilines is 2.